The predicted octanol–water partition coefficient (Wildman–Crippen LogP) is 4.31. The van der Waals surface area contributed by atoms with Gasteiger partial charge in [-0.05, 0) is 74.0 Å². The molecule has 16 heteroatoms. The molecule has 0 amide bonds. The minimum Gasteiger partial charge on any atom is -0.633 e. The molecule has 0 saturated carbocycles. The van der Waals surface area contributed by atoms with Crippen LogP contribution in [0.1, 0.15) is 94.9 Å². The fraction of sp³-hybridized carbons (Fsp3) is 0.951. The van der Waals surface area contributed by atoms with Crippen LogP contribution in [0.25, 0.3) is 0 Å². The highest BCUT2D eigenvalue weighted by Gasteiger charge is 2.55. The van der Waals surface area contributed by atoms with Crippen LogP contribution in [-0.2, 0) is 47.2 Å². The fourth-order valence-electron chi connectivity index (χ4n) is 9.28. The first-order valence-electron chi connectivity index (χ1n) is 20.7. The smallest absolute Gasteiger partial charge is 0.311 e. The topological polar surface area (TPSA) is 192 Å². The highest BCUT2D eigenvalue weighted by molar-refractivity contribution is 6.69. The maximum absolute atomic E-state index is 14.4. The highest BCUT2D eigenvalue weighted by atomic mass is 28.4. The normalized spacial score (nSPS) is 46.3. The van der Waals surface area contributed by atoms with Gasteiger partial charge in [-0.1, -0.05) is 27.7 Å². The van der Waals surface area contributed by atoms with E-state index in [2.05, 4.69) is 19.6 Å². The van der Waals surface area contributed by atoms with E-state index >= 15 is 0 Å². The molecule has 3 heterocycles. The van der Waals surface area contributed by atoms with E-state index in [-0.39, 0.29) is 25.0 Å². The van der Waals surface area contributed by atoms with Crippen LogP contribution in [0.3, 0.4) is 0 Å². The molecular weight excluding hydrogens is 759 g/mol. The molecule has 18 atom stereocenters. The zero-order valence-corrected chi connectivity index (χ0v) is 38.8. The number of ketones is 1. The van der Waals surface area contributed by atoms with Gasteiger partial charge in [0.2, 0.25) is 0 Å². The summed E-state index contributed by atoms with van der Waals surface area (Å²) in [7, 11) is 3.98. The SMILES string of the molecule is CC[C@H]1OC(=O)[C@H](C)[C@@H](O[C@H]2C[C@@](C)(OC)[C@@H](O[Si](C)(C)C)[C@H](C)O2)[C@H](C)[C@@H](O[C@@H]2O[C@H](C)C[C@H]([N+](C)(C)[O-])[C@H]2O)[C@](C)(OC)C[C@@H](C)C(=O)[C@H](C)[C@@H](O)[C@]1(C)O. The Labute approximate surface area is 342 Å². The number of hydrogen-bond acceptors (Lipinski definition) is 14. The van der Waals surface area contributed by atoms with Gasteiger partial charge in [-0.2, -0.15) is 0 Å². The van der Waals surface area contributed by atoms with E-state index < -0.39 is 127 Å². The van der Waals surface area contributed by atoms with Crippen molar-refractivity contribution in [1.82, 2.24) is 0 Å². The molecule has 3 saturated heterocycles. The number of Topliss-reactive ketones (excluding diaryl/α,β-unsaturated/α-hetero) is 1. The fourth-order valence-corrected chi connectivity index (χ4v) is 10.5. The zero-order chi connectivity index (χ0) is 43.8. The number of methoxy groups -OCH3 is 2. The minimum absolute atomic E-state index is 0.0681. The molecule has 334 valence electrons. The molecule has 0 aromatic heterocycles. The van der Waals surface area contributed by atoms with Crippen LogP contribution < -0.4 is 0 Å². The average molecular weight is 836 g/mol. The second kappa shape index (κ2) is 18.9. The third kappa shape index (κ3) is 11.4. The lowest BCUT2D eigenvalue weighted by molar-refractivity contribution is -0.874. The summed E-state index contributed by atoms with van der Waals surface area (Å²) in [6, 6.07) is -0.779. The van der Waals surface area contributed by atoms with Gasteiger partial charge in [0.25, 0.3) is 0 Å². The number of rotatable bonds is 10. The number of hydroxylamine groups is 3. The van der Waals surface area contributed by atoms with Gasteiger partial charge in [0.05, 0.1) is 67.8 Å². The van der Waals surface area contributed by atoms with E-state index in [9.17, 15) is 30.1 Å². The van der Waals surface area contributed by atoms with Gasteiger partial charge in [-0.25, -0.2) is 0 Å². The van der Waals surface area contributed by atoms with Gasteiger partial charge in [-0.15, -0.1) is 0 Å². The molecule has 15 nitrogen and oxygen atoms in total. The average Bonchev–Trinajstić information content (AvgIpc) is 3.11. The molecule has 3 N–H and O–H groups in total. The third-order valence-corrected chi connectivity index (χ3v) is 13.8. The van der Waals surface area contributed by atoms with E-state index in [1.807, 2.05) is 20.8 Å². The van der Waals surface area contributed by atoms with Crippen LogP contribution in [0.5, 0.6) is 0 Å². The quantitative estimate of drug-likeness (QED) is 0.122. The Hall–Kier alpha value is -1.12. The first-order valence-corrected chi connectivity index (χ1v) is 24.2. The van der Waals surface area contributed by atoms with Crippen molar-refractivity contribution in [3.8, 4) is 0 Å². The van der Waals surface area contributed by atoms with Crippen LogP contribution in [0.15, 0.2) is 0 Å². The molecule has 3 rings (SSSR count). The van der Waals surface area contributed by atoms with Crippen LogP contribution >= 0.6 is 0 Å². The summed E-state index contributed by atoms with van der Waals surface area (Å²) in [4.78, 5) is 28.4. The Morgan fingerprint density at radius 2 is 1.44 bits per heavy atom. The molecule has 3 fully saturated rings. The Bertz CT molecular complexity index is 1340. The monoisotopic (exact) mass is 836 g/mol. The Morgan fingerprint density at radius 3 is 1.95 bits per heavy atom. The number of carbonyl (C=O) groups is 2. The van der Waals surface area contributed by atoms with Crippen molar-refractivity contribution in [1.29, 1.82) is 0 Å². The Balaban J connectivity index is 2.24. The zero-order valence-electron chi connectivity index (χ0n) is 37.8. The molecule has 3 aliphatic heterocycles. The van der Waals surface area contributed by atoms with E-state index in [0.29, 0.717) is 6.42 Å². The molecular formula is C41H77NO14Si. The summed E-state index contributed by atoms with van der Waals surface area (Å²) in [5.74, 6) is -4.64. The van der Waals surface area contributed by atoms with Crippen molar-refractivity contribution in [3.63, 3.8) is 0 Å². The van der Waals surface area contributed by atoms with Crippen molar-refractivity contribution in [2.45, 2.75) is 199 Å². The van der Waals surface area contributed by atoms with Gasteiger partial charge < -0.3 is 62.8 Å². The largest absolute Gasteiger partial charge is 0.633 e. The number of aliphatic hydroxyl groups excluding tert-OH is 2. The van der Waals surface area contributed by atoms with Gasteiger partial charge in [0.15, 0.2) is 27.0 Å². The van der Waals surface area contributed by atoms with Crippen molar-refractivity contribution in [3.05, 3.63) is 5.21 Å². The van der Waals surface area contributed by atoms with E-state index in [1.165, 1.54) is 28.1 Å². The Morgan fingerprint density at radius 1 is 0.877 bits per heavy atom. The molecule has 0 aromatic carbocycles. The molecule has 0 radical (unpaired) electrons. The molecule has 57 heavy (non-hydrogen) atoms. The number of aliphatic hydroxyl groups is 3. The van der Waals surface area contributed by atoms with Crippen molar-refractivity contribution in [2.75, 3.05) is 28.3 Å². The van der Waals surface area contributed by atoms with Gasteiger partial charge >= 0.3 is 5.97 Å². The molecule has 0 unspecified atom stereocenters. The van der Waals surface area contributed by atoms with Crippen molar-refractivity contribution >= 4 is 20.1 Å². The summed E-state index contributed by atoms with van der Waals surface area (Å²) in [5, 5.41) is 48.2. The molecule has 0 spiro atoms. The minimum atomic E-state index is -2.05. The third-order valence-electron chi connectivity index (χ3n) is 12.8. The van der Waals surface area contributed by atoms with Crippen LogP contribution in [0.2, 0.25) is 19.6 Å². The first-order chi connectivity index (χ1) is 26.0. The second-order valence-corrected chi connectivity index (χ2v) is 23.8. The summed E-state index contributed by atoms with van der Waals surface area (Å²) in [5.41, 5.74) is -4.14. The van der Waals surface area contributed by atoms with Crippen LogP contribution in [0.4, 0.5) is 0 Å². The molecule has 3 aliphatic rings. The lowest BCUT2D eigenvalue weighted by Crippen LogP contribution is -2.63. The molecule has 0 aliphatic carbocycles. The summed E-state index contributed by atoms with van der Waals surface area (Å²) in [6.45, 7) is 23.6. The van der Waals surface area contributed by atoms with Crippen LogP contribution in [-0.4, -0.2) is 153 Å². The number of ether oxygens (including phenoxy) is 7. The number of nitrogens with zero attached hydrogens (tertiary/aromatic N) is 1. The predicted molar refractivity (Wildman–Crippen MR) is 215 cm³/mol. The number of carbonyl (C=O) groups excluding carboxylic acids is 2. The number of hydrogen-bond donors (Lipinski definition) is 3. The molecule has 0 aromatic rings. The van der Waals surface area contributed by atoms with E-state index in [0.717, 1.165) is 0 Å². The summed E-state index contributed by atoms with van der Waals surface area (Å²) < 4.78 is 50.7. The van der Waals surface area contributed by atoms with E-state index in [4.69, 9.17) is 37.6 Å². The lowest BCUT2D eigenvalue weighted by atomic mass is 9.74. The van der Waals surface area contributed by atoms with Gasteiger partial charge in [-0.3, -0.25) is 9.59 Å². The van der Waals surface area contributed by atoms with Gasteiger partial charge in [0.1, 0.15) is 23.5 Å². The maximum Gasteiger partial charge on any atom is 0.311 e. The summed E-state index contributed by atoms with van der Waals surface area (Å²) >= 11 is 0. The molecule has 0 bridgehead atoms. The van der Waals surface area contributed by atoms with Gasteiger partial charge in [0, 0.05) is 44.8 Å². The number of esters is 1. The number of cyclic esters (lactones) is 1. The number of quaternary nitrogens is 1. The van der Waals surface area contributed by atoms with Crippen LogP contribution in [0, 0.1) is 28.9 Å². The standard InChI is InChI=1S/C41H77NO14Si/c1-18-29-41(10,47)34(45)24(4)31(43)22(2)20-39(8,49-13)35(55-38-32(44)28(42(11,12)48)19-23(3)51-38)25(5)33(26(6)37(46)53-29)54-30-21-40(9,50-14)36(27(7)52-30)56-57(15,16)17/h22-30,32-36,38,44-45,47H,18-21H2,1-17H3/t22-,23-,24+,25+,26-,27+,28+,29-,30+,32-,33+,34-,35-,36+,38+,39-,40-,41-/m1/s1. The van der Waals surface area contributed by atoms with E-state index in [1.54, 1.807) is 48.7 Å². The number of likely N-dealkylation sites (N-methyl/N-ethyl adjacent to an activating group) is 1. The Kier molecular flexibility index (Phi) is 16.6. The van der Waals surface area contributed by atoms with Crippen molar-refractivity contribution < 1.29 is 67.1 Å². The highest BCUT2D eigenvalue weighted by Crippen LogP contribution is 2.43. The first kappa shape index (κ1) is 50.2. The second-order valence-electron chi connectivity index (χ2n) is 19.3. The lowest BCUT2D eigenvalue weighted by Gasteiger charge is -2.52. The maximum atomic E-state index is 14.4. The van der Waals surface area contributed by atoms with Crippen molar-refractivity contribution in [2.24, 2.45) is 23.7 Å². The summed E-state index contributed by atoms with van der Waals surface area (Å²) in [6.07, 6.45) is -8.96.